The standard InChI is InChI=1S/C56H48BN5S2/c1-9-21-49-44(11-3)37(7)48(30-28-36(6)43(10-2)52-46(13-5)45(12-4)50(63-52)32-33-57-8)62(49)42-27-20-26-41(34-42)56-58-47-35-40(29-31-51(47)64-56)55-60-53(38-22-16-14-17-23-38)59-54(61-55)39-24-18-15-19-25-39/h9-35,57H,3-6H2,1-2,7-8H3/b21-9-,30-28-,33-32-,43-10-. The lowest BCUT2D eigenvalue weighted by Crippen LogP contribution is -2.00. The number of fused-ring (bicyclic) bond motifs is 1. The summed E-state index contributed by atoms with van der Waals surface area (Å²) in [5.41, 5.74) is 14.1. The van der Waals surface area contributed by atoms with E-state index >= 15 is 0 Å². The van der Waals surface area contributed by atoms with Crippen molar-refractivity contribution >= 4 is 82.2 Å². The highest BCUT2D eigenvalue weighted by Gasteiger charge is 2.20. The van der Waals surface area contributed by atoms with E-state index < -0.39 is 0 Å². The monoisotopic (exact) mass is 865 g/mol. The number of allylic oxidation sites excluding steroid dienone is 5. The Balaban J connectivity index is 1.17. The number of aromatic nitrogens is 5. The zero-order valence-corrected chi connectivity index (χ0v) is 38.3. The van der Waals surface area contributed by atoms with E-state index in [4.69, 9.17) is 19.9 Å². The predicted octanol–water partition coefficient (Wildman–Crippen LogP) is 15.4. The molecule has 312 valence electrons. The molecule has 4 heterocycles. The Morgan fingerprint density at radius 2 is 1.28 bits per heavy atom. The van der Waals surface area contributed by atoms with Crippen LogP contribution in [0.1, 0.15) is 57.2 Å². The van der Waals surface area contributed by atoms with Crippen molar-refractivity contribution < 1.29 is 0 Å². The summed E-state index contributed by atoms with van der Waals surface area (Å²) < 4.78 is 3.38. The molecule has 0 aliphatic carbocycles. The van der Waals surface area contributed by atoms with E-state index in [0.717, 1.165) is 100 Å². The maximum Gasteiger partial charge on any atom is 0.164 e. The van der Waals surface area contributed by atoms with Gasteiger partial charge in [0.25, 0.3) is 0 Å². The van der Waals surface area contributed by atoms with Crippen molar-refractivity contribution in [1.82, 2.24) is 24.5 Å². The number of thiazole rings is 1. The van der Waals surface area contributed by atoms with Gasteiger partial charge in [0, 0.05) is 54.5 Å². The third-order valence-electron chi connectivity index (χ3n) is 11.0. The summed E-state index contributed by atoms with van der Waals surface area (Å²) in [5, 5.41) is 0.921. The molecule has 8 aromatic rings. The van der Waals surface area contributed by atoms with Gasteiger partial charge in [-0.3, -0.25) is 0 Å². The maximum atomic E-state index is 5.21. The molecule has 0 atom stereocenters. The summed E-state index contributed by atoms with van der Waals surface area (Å²) in [6.45, 7) is 25.5. The smallest absolute Gasteiger partial charge is 0.164 e. The van der Waals surface area contributed by atoms with Gasteiger partial charge >= 0.3 is 0 Å². The van der Waals surface area contributed by atoms with Gasteiger partial charge in [-0.15, -0.1) is 28.6 Å². The number of rotatable bonds is 15. The normalized spacial score (nSPS) is 11.9. The van der Waals surface area contributed by atoms with Crippen molar-refractivity contribution in [1.29, 1.82) is 0 Å². The van der Waals surface area contributed by atoms with Crippen LogP contribution in [0.25, 0.3) is 103 Å². The summed E-state index contributed by atoms with van der Waals surface area (Å²) in [7, 11) is 0.959. The second-order valence-corrected chi connectivity index (χ2v) is 17.1. The second kappa shape index (κ2) is 19.4. The van der Waals surface area contributed by atoms with E-state index in [1.54, 1.807) is 22.7 Å². The molecule has 0 unspecified atom stereocenters. The third kappa shape index (κ3) is 8.58. The molecule has 5 nitrogen and oxygen atoms in total. The Morgan fingerprint density at radius 1 is 0.641 bits per heavy atom. The predicted molar refractivity (Wildman–Crippen MR) is 282 cm³/mol. The maximum absolute atomic E-state index is 5.21. The minimum absolute atomic E-state index is 0.598. The summed E-state index contributed by atoms with van der Waals surface area (Å²) >= 11 is 3.41. The van der Waals surface area contributed by atoms with Crippen molar-refractivity contribution in [2.24, 2.45) is 0 Å². The van der Waals surface area contributed by atoms with Crippen LogP contribution in [0.5, 0.6) is 0 Å². The molecule has 64 heavy (non-hydrogen) atoms. The highest BCUT2D eigenvalue weighted by molar-refractivity contribution is 7.21. The Bertz CT molecular complexity index is 3140. The van der Waals surface area contributed by atoms with Crippen LogP contribution in [0.3, 0.4) is 0 Å². The Hall–Kier alpha value is -7.26. The number of thiophene rings is 1. The number of hydrogen-bond donors (Lipinski definition) is 0. The van der Waals surface area contributed by atoms with E-state index in [-0.39, 0.29) is 0 Å². The fraction of sp³-hybridized carbons (Fsp3) is 0.0714. The lowest BCUT2D eigenvalue weighted by Gasteiger charge is -2.13. The molecule has 0 saturated heterocycles. The molecule has 8 heteroatoms. The van der Waals surface area contributed by atoms with Gasteiger partial charge < -0.3 is 4.57 Å². The Kier molecular flexibility index (Phi) is 13.2. The minimum Gasteiger partial charge on any atom is -0.310 e. The SMILES string of the molecule is C=Cc1c(/C=C\BC)sc(/C(=C\C)C(=C)/C=C\c2c(C)c(C=C)c(/C=C\C)n2-c2cccc(-c3nc4cc(-c5nc(-c6ccccc6)nc(-c6ccccc6)n5)ccc4s3)c2)c1C=C. The van der Waals surface area contributed by atoms with Crippen molar-refractivity contribution in [3.63, 3.8) is 0 Å². The number of hydrogen-bond acceptors (Lipinski definition) is 6. The first-order valence-corrected chi connectivity index (χ1v) is 22.9. The van der Waals surface area contributed by atoms with Crippen LogP contribution in [0.4, 0.5) is 0 Å². The molecule has 0 bridgehead atoms. The lowest BCUT2D eigenvalue weighted by atomic mass is 9.82. The molecule has 0 saturated carbocycles. The minimum atomic E-state index is 0.598. The first kappa shape index (κ1) is 43.4. The molecule has 0 amide bonds. The van der Waals surface area contributed by atoms with Crippen LogP contribution in [0.2, 0.25) is 6.82 Å². The van der Waals surface area contributed by atoms with Crippen molar-refractivity contribution in [2.75, 3.05) is 0 Å². The van der Waals surface area contributed by atoms with E-state index in [0.29, 0.717) is 17.5 Å². The molecule has 0 spiro atoms. The van der Waals surface area contributed by atoms with Crippen LogP contribution in [0.15, 0.2) is 159 Å². The van der Waals surface area contributed by atoms with Gasteiger partial charge in [0.05, 0.1) is 15.9 Å². The zero-order valence-electron chi connectivity index (χ0n) is 36.7. The summed E-state index contributed by atoms with van der Waals surface area (Å²) in [6, 6.07) is 34.9. The van der Waals surface area contributed by atoms with Gasteiger partial charge in [0.1, 0.15) is 12.3 Å². The van der Waals surface area contributed by atoms with E-state index in [9.17, 15) is 0 Å². The molecule has 0 aliphatic heterocycles. The molecular formula is C56H48BN5S2. The van der Waals surface area contributed by atoms with E-state index in [1.807, 2.05) is 85.8 Å². The average molecular weight is 866 g/mol. The molecule has 0 aliphatic rings. The summed E-state index contributed by atoms with van der Waals surface area (Å²) in [4.78, 5) is 22.3. The highest BCUT2D eigenvalue weighted by atomic mass is 32.1. The van der Waals surface area contributed by atoms with Gasteiger partial charge in [-0.05, 0) is 85.5 Å². The van der Waals surface area contributed by atoms with Gasteiger partial charge in [-0.2, -0.15) is 0 Å². The van der Waals surface area contributed by atoms with Crippen molar-refractivity contribution in [3.05, 3.63) is 203 Å². The Labute approximate surface area is 385 Å². The zero-order chi connectivity index (χ0) is 44.7. The van der Waals surface area contributed by atoms with Gasteiger partial charge in [-0.1, -0.05) is 148 Å². The van der Waals surface area contributed by atoms with Crippen LogP contribution in [-0.4, -0.2) is 31.8 Å². The average Bonchev–Trinajstić information content (AvgIpc) is 4.01. The van der Waals surface area contributed by atoms with E-state index in [2.05, 4.69) is 136 Å². The number of benzene rings is 4. The van der Waals surface area contributed by atoms with Gasteiger partial charge in [0.2, 0.25) is 0 Å². The molecule has 4 aromatic carbocycles. The molecule has 0 radical (unpaired) electrons. The molecule has 0 N–H and O–H groups in total. The third-order valence-corrected chi connectivity index (χ3v) is 13.3. The Morgan fingerprint density at radius 3 is 1.89 bits per heavy atom. The first-order valence-electron chi connectivity index (χ1n) is 21.3. The first-order chi connectivity index (χ1) is 31.3. The van der Waals surface area contributed by atoms with Crippen LogP contribution in [0, 0.1) is 6.92 Å². The largest absolute Gasteiger partial charge is 0.310 e. The van der Waals surface area contributed by atoms with Gasteiger partial charge in [0.15, 0.2) is 17.5 Å². The quantitative estimate of drug-likeness (QED) is 0.0761. The summed E-state index contributed by atoms with van der Waals surface area (Å²) in [6.07, 6.45) is 18.6. The molecule has 0 fully saturated rings. The molecule has 8 rings (SSSR count). The second-order valence-electron chi connectivity index (χ2n) is 15.0. The molecular weight excluding hydrogens is 818 g/mol. The van der Waals surface area contributed by atoms with Gasteiger partial charge in [-0.25, -0.2) is 19.9 Å². The highest BCUT2D eigenvalue weighted by Crippen LogP contribution is 2.40. The van der Waals surface area contributed by atoms with Crippen LogP contribution >= 0.6 is 22.7 Å². The fourth-order valence-corrected chi connectivity index (χ4v) is 10.2. The summed E-state index contributed by atoms with van der Waals surface area (Å²) in [5.74, 6) is 4.03. The van der Waals surface area contributed by atoms with Crippen LogP contribution in [-0.2, 0) is 0 Å². The topological polar surface area (TPSA) is 56.5 Å². The van der Waals surface area contributed by atoms with Crippen molar-refractivity contribution in [2.45, 2.75) is 27.6 Å². The van der Waals surface area contributed by atoms with Crippen molar-refractivity contribution in [3.8, 4) is 50.4 Å². The fourth-order valence-electron chi connectivity index (χ4n) is 7.88. The lowest BCUT2D eigenvalue weighted by molar-refractivity contribution is 1.04. The van der Waals surface area contributed by atoms with E-state index in [1.165, 1.54) is 4.88 Å². The number of nitrogens with zero attached hydrogens (tertiary/aromatic N) is 5. The molecule has 4 aromatic heterocycles. The van der Waals surface area contributed by atoms with Crippen LogP contribution < -0.4 is 0 Å².